The van der Waals surface area contributed by atoms with E-state index in [1.54, 1.807) is 18.2 Å². The smallest absolute Gasteiger partial charge is 0.266 e. The van der Waals surface area contributed by atoms with Gasteiger partial charge in [0.25, 0.3) is 11.5 Å². The van der Waals surface area contributed by atoms with Crippen LogP contribution in [0.25, 0.3) is 11.3 Å². The fourth-order valence-electron chi connectivity index (χ4n) is 2.83. The summed E-state index contributed by atoms with van der Waals surface area (Å²) >= 11 is 5.91. The molecule has 1 aromatic heterocycles. The Morgan fingerprint density at radius 3 is 2.43 bits per heavy atom. The van der Waals surface area contributed by atoms with Crippen LogP contribution in [0.5, 0.6) is 5.75 Å². The number of rotatable bonds is 8. The molecule has 0 radical (unpaired) electrons. The minimum Gasteiger partial charge on any atom is -0.484 e. The van der Waals surface area contributed by atoms with E-state index in [0.29, 0.717) is 22.4 Å². The second-order valence-electron chi connectivity index (χ2n) is 7.15. The number of nitrogens with zero attached hydrogens (tertiary/aromatic N) is 2. The number of amides is 1. The maximum Gasteiger partial charge on any atom is 0.266 e. The third-order valence-corrected chi connectivity index (χ3v) is 4.82. The van der Waals surface area contributed by atoms with Crippen molar-refractivity contribution in [3.63, 3.8) is 0 Å². The third-order valence-electron chi connectivity index (χ3n) is 4.57. The predicted octanol–water partition coefficient (Wildman–Crippen LogP) is 3.88. The molecule has 1 heterocycles. The van der Waals surface area contributed by atoms with Gasteiger partial charge >= 0.3 is 0 Å². The highest BCUT2D eigenvalue weighted by atomic mass is 35.5. The number of carbonyl (C=O) groups excluding carboxylic acids is 1. The molecule has 156 valence electrons. The summed E-state index contributed by atoms with van der Waals surface area (Å²) in [4.78, 5) is 24.1. The predicted molar refractivity (Wildman–Crippen MR) is 118 cm³/mol. The number of hydrogen-bond donors (Lipinski definition) is 1. The van der Waals surface area contributed by atoms with E-state index in [9.17, 15) is 9.59 Å². The van der Waals surface area contributed by atoms with E-state index in [-0.39, 0.29) is 31.2 Å². The van der Waals surface area contributed by atoms with Crippen LogP contribution in [0.2, 0.25) is 5.02 Å². The summed E-state index contributed by atoms with van der Waals surface area (Å²) in [5, 5.41) is 7.74. The highest BCUT2D eigenvalue weighted by molar-refractivity contribution is 6.30. The van der Waals surface area contributed by atoms with E-state index in [1.807, 2.05) is 36.4 Å². The number of ether oxygens (including phenoxy) is 1. The van der Waals surface area contributed by atoms with Crippen LogP contribution in [0.15, 0.2) is 65.5 Å². The zero-order valence-corrected chi connectivity index (χ0v) is 17.7. The minimum atomic E-state index is -0.259. The second-order valence-corrected chi connectivity index (χ2v) is 7.59. The number of nitrogens with one attached hydrogen (secondary N) is 1. The normalized spacial score (nSPS) is 10.8. The van der Waals surface area contributed by atoms with Crippen LogP contribution in [0.3, 0.4) is 0 Å². The fraction of sp³-hybridized carbons (Fsp3) is 0.261. The highest BCUT2D eigenvalue weighted by Crippen LogP contribution is 2.19. The number of aromatic nitrogens is 2. The first-order valence-corrected chi connectivity index (χ1v) is 10.1. The molecule has 6 nitrogen and oxygen atoms in total. The van der Waals surface area contributed by atoms with Gasteiger partial charge in [0.05, 0.1) is 12.2 Å². The van der Waals surface area contributed by atoms with Gasteiger partial charge in [-0.15, -0.1) is 0 Å². The Kier molecular flexibility index (Phi) is 7.25. The lowest BCUT2D eigenvalue weighted by molar-refractivity contribution is -0.123. The standard InChI is InChI=1S/C23H24ClN3O3/c1-16(2)17-5-9-20(10-6-17)30-15-22(28)25-13-14-27-23(29)12-11-21(26-27)18-3-7-19(24)8-4-18/h3-12,16H,13-15H2,1-2H3,(H,25,28). The van der Waals surface area contributed by atoms with Gasteiger partial charge in [-0.05, 0) is 41.8 Å². The number of carbonyl (C=O) groups is 1. The van der Waals surface area contributed by atoms with Gasteiger partial charge in [-0.2, -0.15) is 5.10 Å². The van der Waals surface area contributed by atoms with E-state index in [4.69, 9.17) is 16.3 Å². The van der Waals surface area contributed by atoms with Gasteiger partial charge in [0, 0.05) is 23.2 Å². The molecule has 0 aliphatic carbocycles. The zero-order chi connectivity index (χ0) is 21.5. The Hall–Kier alpha value is -3.12. The molecule has 0 saturated carbocycles. The van der Waals surface area contributed by atoms with Crippen LogP contribution in [0.4, 0.5) is 0 Å². The van der Waals surface area contributed by atoms with Gasteiger partial charge in [0.1, 0.15) is 5.75 Å². The number of benzene rings is 2. The molecular formula is C23H24ClN3O3. The summed E-state index contributed by atoms with van der Waals surface area (Å²) in [6, 6.07) is 18.0. The molecule has 3 aromatic rings. The van der Waals surface area contributed by atoms with Gasteiger partial charge < -0.3 is 10.1 Å². The maximum atomic E-state index is 12.1. The van der Waals surface area contributed by atoms with Crippen molar-refractivity contribution in [3.8, 4) is 17.0 Å². The zero-order valence-electron chi connectivity index (χ0n) is 17.0. The summed E-state index contributed by atoms with van der Waals surface area (Å²) in [5.41, 5.74) is 2.49. The Morgan fingerprint density at radius 1 is 1.07 bits per heavy atom. The first kappa shape index (κ1) is 21.6. The number of hydrogen-bond acceptors (Lipinski definition) is 4. The summed E-state index contributed by atoms with van der Waals surface area (Å²) in [5.74, 6) is 0.825. The maximum absolute atomic E-state index is 12.1. The van der Waals surface area contributed by atoms with E-state index >= 15 is 0 Å². The fourth-order valence-corrected chi connectivity index (χ4v) is 2.96. The SMILES string of the molecule is CC(C)c1ccc(OCC(=O)NCCn2nc(-c3ccc(Cl)cc3)ccc2=O)cc1. The van der Waals surface area contributed by atoms with Gasteiger partial charge in [-0.1, -0.05) is 49.7 Å². The van der Waals surface area contributed by atoms with Crippen LogP contribution < -0.4 is 15.6 Å². The lowest BCUT2D eigenvalue weighted by Gasteiger charge is -2.10. The first-order valence-electron chi connectivity index (χ1n) is 9.76. The van der Waals surface area contributed by atoms with Crippen LogP contribution in [0, 0.1) is 0 Å². The second kappa shape index (κ2) is 10.1. The lowest BCUT2D eigenvalue weighted by Crippen LogP contribution is -2.34. The quantitative estimate of drug-likeness (QED) is 0.594. The monoisotopic (exact) mass is 425 g/mol. The van der Waals surface area contributed by atoms with Crippen molar-refractivity contribution in [2.24, 2.45) is 0 Å². The molecule has 1 N–H and O–H groups in total. The topological polar surface area (TPSA) is 73.2 Å². The molecule has 7 heteroatoms. The van der Waals surface area contributed by atoms with Crippen LogP contribution in [0.1, 0.15) is 25.3 Å². The molecular weight excluding hydrogens is 402 g/mol. The van der Waals surface area contributed by atoms with Crippen LogP contribution >= 0.6 is 11.6 Å². The molecule has 0 spiro atoms. The van der Waals surface area contributed by atoms with Gasteiger partial charge in [-0.25, -0.2) is 4.68 Å². The van der Waals surface area contributed by atoms with E-state index in [0.717, 1.165) is 5.56 Å². The van der Waals surface area contributed by atoms with Crippen molar-refractivity contribution in [2.45, 2.75) is 26.3 Å². The molecule has 0 fully saturated rings. The van der Waals surface area contributed by atoms with Gasteiger partial charge in [0.2, 0.25) is 0 Å². The Labute approximate surface area is 180 Å². The molecule has 2 aromatic carbocycles. The van der Waals surface area contributed by atoms with Gasteiger partial charge in [0.15, 0.2) is 6.61 Å². The highest BCUT2D eigenvalue weighted by Gasteiger charge is 2.06. The van der Waals surface area contributed by atoms with Crippen LogP contribution in [-0.2, 0) is 11.3 Å². The Morgan fingerprint density at radius 2 is 1.77 bits per heavy atom. The number of halogens is 1. The molecule has 1 amide bonds. The third kappa shape index (κ3) is 5.94. The average Bonchev–Trinajstić information content (AvgIpc) is 2.74. The molecule has 30 heavy (non-hydrogen) atoms. The Bertz CT molecular complexity index is 1040. The first-order chi connectivity index (χ1) is 14.4. The molecule has 0 unspecified atom stereocenters. The van der Waals surface area contributed by atoms with Crippen molar-refractivity contribution in [1.29, 1.82) is 0 Å². The molecule has 0 saturated heterocycles. The summed E-state index contributed by atoms with van der Waals surface area (Å²) in [6.45, 7) is 4.68. The van der Waals surface area contributed by atoms with E-state index in [2.05, 4.69) is 24.3 Å². The van der Waals surface area contributed by atoms with Crippen molar-refractivity contribution < 1.29 is 9.53 Å². The van der Waals surface area contributed by atoms with Crippen molar-refractivity contribution in [3.05, 3.63) is 81.6 Å². The van der Waals surface area contributed by atoms with Gasteiger partial charge in [-0.3, -0.25) is 9.59 Å². The summed E-state index contributed by atoms with van der Waals surface area (Å²) in [7, 11) is 0. The molecule has 0 atom stereocenters. The Balaban J connectivity index is 1.50. The lowest BCUT2D eigenvalue weighted by atomic mass is 10.0. The van der Waals surface area contributed by atoms with E-state index in [1.165, 1.54) is 16.3 Å². The molecule has 0 aliphatic rings. The van der Waals surface area contributed by atoms with Crippen molar-refractivity contribution >= 4 is 17.5 Å². The van der Waals surface area contributed by atoms with Crippen molar-refractivity contribution in [1.82, 2.24) is 15.1 Å². The van der Waals surface area contributed by atoms with E-state index < -0.39 is 0 Å². The molecule has 3 rings (SSSR count). The van der Waals surface area contributed by atoms with Crippen LogP contribution in [-0.4, -0.2) is 28.8 Å². The summed E-state index contributed by atoms with van der Waals surface area (Å²) in [6.07, 6.45) is 0. The van der Waals surface area contributed by atoms with Crippen molar-refractivity contribution in [2.75, 3.05) is 13.2 Å². The molecule has 0 aliphatic heterocycles. The average molecular weight is 426 g/mol. The minimum absolute atomic E-state index is 0.0891. The molecule has 0 bridgehead atoms. The summed E-state index contributed by atoms with van der Waals surface area (Å²) < 4.78 is 6.84. The largest absolute Gasteiger partial charge is 0.484 e.